The van der Waals surface area contributed by atoms with Gasteiger partial charge in [-0.25, -0.2) is 0 Å². The number of nitrogens with zero attached hydrogens (tertiary/aromatic N) is 1. The number of benzene rings is 1. The molecule has 0 aliphatic carbocycles. The Balaban J connectivity index is 2.25. The zero-order chi connectivity index (χ0) is 15.3. The third-order valence-corrected chi connectivity index (χ3v) is 4.55. The number of hydrogen-bond acceptors (Lipinski definition) is 4. The van der Waals surface area contributed by atoms with Gasteiger partial charge in [0.15, 0.2) is 0 Å². The molecule has 1 aromatic carbocycles. The second-order valence-electron chi connectivity index (χ2n) is 4.63. The average Bonchev–Trinajstić information content (AvgIpc) is 2.48. The molecule has 21 heavy (non-hydrogen) atoms. The summed E-state index contributed by atoms with van der Waals surface area (Å²) in [4.78, 5) is 0. The number of morpholine rings is 1. The second kappa shape index (κ2) is 6.91. The van der Waals surface area contributed by atoms with Gasteiger partial charge in [-0.05, 0) is 24.6 Å². The highest BCUT2D eigenvalue weighted by atomic mass is 32.2. The van der Waals surface area contributed by atoms with Crippen LogP contribution in [0.3, 0.4) is 0 Å². The normalized spacial score (nSPS) is 16.1. The van der Waals surface area contributed by atoms with Crippen molar-refractivity contribution in [3.05, 3.63) is 29.3 Å². The van der Waals surface area contributed by atoms with Gasteiger partial charge in [0.1, 0.15) is 6.61 Å². The highest BCUT2D eigenvalue weighted by Crippen LogP contribution is 2.19. The first-order chi connectivity index (χ1) is 10.0. The number of nitrogens with one attached hydrogen (secondary N) is 1. The molecule has 0 radical (unpaired) electrons. The molecule has 2 rings (SSSR count). The molecule has 1 aliphatic rings. The topological polar surface area (TPSA) is 78.9 Å². The molecule has 7 heteroatoms. The predicted octanol–water partition coefficient (Wildman–Crippen LogP) is 0.328. The molecule has 0 amide bonds. The van der Waals surface area contributed by atoms with E-state index >= 15 is 0 Å². The minimum Gasteiger partial charge on any atom is -0.384 e. The first-order valence-corrected chi connectivity index (χ1v) is 8.03. The molecule has 1 aliphatic heterocycles. The van der Waals surface area contributed by atoms with Crippen molar-refractivity contribution in [3.63, 3.8) is 0 Å². The van der Waals surface area contributed by atoms with E-state index in [-0.39, 0.29) is 6.61 Å². The maximum absolute atomic E-state index is 12.3. The van der Waals surface area contributed by atoms with E-state index in [1.165, 1.54) is 4.31 Å². The SMILES string of the molecule is Cc1ccc(NS(=O)(=O)N2CCOCC2)c(C#CCO)c1. The molecule has 0 atom stereocenters. The Labute approximate surface area is 124 Å². The highest BCUT2D eigenvalue weighted by Gasteiger charge is 2.24. The lowest BCUT2D eigenvalue weighted by molar-refractivity contribution is 0.0733. The lowest BCUT2D eigenvalue weighted by Crippen LogP contribution is -2.43. The number of rotatable bonds is 3. The number of anilines is 1. The van der Waals surface area contributed by atoms with E-state index in [0.717, 1.165) is 5.56 Å². The zero-order valence-corrected chi connectivity index (χ0v) is 12.6. The van der Waals surface area contributed by atoms with Gasteiger partial charge >= 0.3 is 10.2 Å². The number of hydrogen-bond donors (Lipinski definition) is 2. The predicted molar refractivity (Wildman–Crippen MR) is 80.1 cm³/mol. The molecule has 1 saturated heterocycles. The van der Waals surface area contributed by atoms with E-state index in [1.807, 2.05) is 6.92 Å². The summed E-state index contributed by atoms with van der Waals surface area (Å²) in [5.41, 5.74) is 1.92. The van der Waals surface area contributed by atoms with Crippen molar-refractivity contribution in [1.29, 1.82) is 0 Å². The molecule has 0 aromatic heterocycles. The third-order valence-electron chi connectivity index (χ3n) is 3.03. The monoisotopic (exact) mass is 310 g/mol. The van der Waals surface area contributed by atoms with E-state index in [9.17, 15) is 8.42 Å². The lowest BCUT2D eigenvalue weighted by atomic mass is 10.1. The van der Waals surface area contributed by atoms with E-state index in [4.69, 9.17) is 9.84 Å². The van der Waals surface area contributed by atoms with E-state index in [1.54, 1.807) is 18.2 Å². The summed E-state index contributed by atoms with van der Waals surface area (Å²) >= 11 is 0. The molecule has 6 nitrogen and oxygen atoms in total. The van der Waals surface area contributed by atoms with Crippen LogP contribution in [0.2, 0.25) is 0 Å². The average molecular weight is 310 g/mol. The van der Waals surface area contributed by atoms with Gasteiger partial charge in [-0.2, -0.15) is 12.7 Å². The van der Waals surface area contributed by atoms with Gasteiger partial charge in [-0.3, -0.25) is 4.72 Å². The zero-order valence-electron chi connectivity index (χ0n) is 11.8. The van der Waals surface area contributed by atoms with Crippen molar-refractivity contribution in [3.8, 4) is 11.8 Å². The van der Waals surface area contributed by atoms with Gasteiger partial charge < -0.3 is 9.84 Å². The van der Waals surface area contributed by atoms with Crippen molar-refractivity contribution in [2.45, 2.75) is 6.92 Å². The Morgan fingerprint density at radius 1 is 1.38 bits per heavy atom. The fourth-order valence-electron chi connectivity index (χ4n) is 1.98. The molecule has 0 bridgehead atoms. The lowest BCUT2D eigenvalue weighted by Gasteiger charge is -2.26. The maximum atomic E-state index is 12.3. The molecule has 1 heterocycles. The molecular weight excluding hydrogens is 292 g/mol. The third kappa shape index (κ3) is 4.19. The summed E-state index contributed by atoms with van der Waals surface area (Å²) < 4.78 is 33.7. The Bertz CT molecular complexity index is 655. The summed E-state index contributed by atoms with van der Waals surface area (Å²) in [6.07, 6.45) is 0. The van der Waals surface area contributed by atoms with E-state index in [2.05, 4.69) is 16.6 Å². The van der Waals surface area contributed by atoms with Crippen molar-refractivity contribution >= 4 is 15.9 Å². The molecule has 2 N–H and O–H groups in total. The van der Waals surface area contributed by atoms with Crippen molar-refractivity contribution < 1.29 is 18.3 Å². The van der Waals surface area contributed by atoms with Crippen LogP contribution in [0.5, 0.6) is 0 Å². The first-order valence-electron chi connectivity index (χ1n) is 6.59. The van der Waals surface area contributed by atoms with E-state index < -0.39 is 10.2 Å². The van der Waals surface area contributed by atoms with Crippen molar-refractivity contribution in [2.24, 2.45) is 0 Å². The molecule has 0 spiro atoms. The summed E-state index contributed by atoms with van der Waals surface area (Å²) in [6.45, 7) is 3.07. The van der Waals surface area contributed by atoms with Gasteiger partial charge in [0.25, 0.3) is 0 Å². The maximum Gasteiger partial charge on any atom is 0.301 e. The van der Waals surface area contributed by atoms with Gasteiger partial charge in [-0.1, -0.05) is 17.9 Å². The van der Waals surface area contributed by atoms with Crippen molar-refractivity contribution in [2.75, 3.05) is 37.6 Å². The van der Waals surface area contributed by atoms with Crippen LogP contribution >= 0.6 is 0 Å². The highest BCUT2D eigenvalue weighted by molar-refractivity contribution is 7.90. The molecule has 1 aromatic rings. The Kier molecular flexibility index (Phi) is 5.20. The molecule has 1 fully saturated rings. The standard InChI is InChI=1S/C14H18N2O4S/c1-12-4-5-14(13(11-12)3-2-8-17)15-21(18,19)16-6-9-20-10-7-16/h4-5,11,15,17H,6-10H2,1H3. The summed E-state index contributed by atoms with van der Waals surface area (Å²) in [7, 11) is -3.62. The minimum absolute atomic E-state index is 0.274. The Morgan fingerprint density at radius 2 is 2.10 bits per heavy atom. The second-order valence-corrected chi connectivity index (χ2v) is 6.30. The molecule has 0 unspecified atom stereocenters. The van der Waals surface area contributed by atoms with Crippen LogP contribution in [0.15, 0.2) is 18.2 Å². The van der Waals surface area contributed by atoms with Gasteiger partial charge in [0, 0.05) is 18.7 Å². The van der Waals surface area contributed by atoms with Crippen LogP contribution in [-0.2, 0) is 14.9 Å². The van der Waals surface area contributed by atoms with Gasteiger partial charge in [-0.15, -0.1) is 0 Å². The molecular formula is C14H18N2O4S. The number of aryl methyl sites for hydroxylation is 1. The minimum atomic E-state index is -3.62. The van der Waals surface area contributed by atoms with Crippen LogP contribution in [0.4, 0.5) is 5.69 Å². The van der Waals surface area contributed by atoms with Crippen molar-refractivity contribution in [1.82, 2.24) is 4.31 Å². The van der Waals surface area contributed by atoms with Crippen LogP contribution in [-0.4, -0.2) is 50.7 Å². The summed E-state index contributed by atoms with van der Waals surface area (Å²) in [5.74, 6) is 5.29. The summed E-state index contributed by atoms with van der Waals surface area (Å²) in [5, 5.41) is 8.79. The van der Waals surface area contributed by atoms with Gasteiger partial charge in [0.05, 0.1) is 18.9 Å². The number of aliphatic hydroxyl groups is 1. The number of aliphatic hydroxyl groups excluding tert-OH is 1. The summed E-state index contributed by atoms with van der Waals surface area (Å²) in [6, 6.07) is 5.26. The van der Waals surface area contributed by atoms with E-state index in [0.29, 0.717) is 37.6 Å². The Morgan fingerprint density at radius 3 is 2.76 bits per heavy atom. The van der Waals surface area contributed by atoms with Gasteiger partial charge in [0.2, 0.25) is 0 Å². The quantitative estimate of drug-likeness (QED) is 0.789. The Hall–Kier alpha value is -1.59. The largest absolute Gasteiger partial charge is 0.384 e. The van der Waals surface area contributed by atoms with Crippen LogP contribution in [0.1, 0.15) is 11.1 Å². The smallest absolute Gasteiger partial charge is 0.301 e. The first kappa shape index (κ1) is 15.8. The molecule has 114 valence electrons. The fraction of sp³-hybridized carbons (Fsp3) is 0.429. The number of ether oxygens (including phenoxy) is 1. The van der Waals surface area contributed by atoms with Crippen LogP contribution in [0.25, 0.3) is 0 Å². The van der Waals surface area contributed by atoms with Crippen LogP contribution < -0.4 is 4.72 Å². The molecule has 0 saturated carbocycles. The van der Waals surface area contributed by atoms with Crippen LogP contribution in [0, 0.1) is 18.8 Å². The fourth-order valence-corrected chi connectivity index (χ4v) is 3.19.